The quantitative estimate of drug-likeness (QED) is 0.479. The van der Waals surface area contributed by atoms with Gasteiger partial charge in [0, 0.05) is 18.0 Å². The molecule has 29 heavy (non-hydrogen) atoms. The van der Waals surface area contributed by atoms with Crippen molar-refractivity contribution < 1.29 is 4.79 Å². The maximum atomic E-state index is 13.5. The van der Waals surface area contributed by atoms with E-state index in [0.29, 0.717) is 22.5 Å². The van der Waals surface area contributed by atoms with Crippen molar-refractivity contribution in [3.8, 4) is 0 Å². The molecule has 3 heterocycles. The molecule has 0 aliphatic carbocycles. The first-order chi connectivity index (χ1) is 14.1. The molecule has 0 radical (unpaired) electrons. The third kappa shape index (κ3) is 3.30. The number of rotatable bonds is 4. The van der Waals surface area contributed by atoms with Crippen molar-refractivity contribution in [2.75, 3.05) is 4.90 Å². The number of hydrogen-bond acceptors (Lipinski definition) is 5. The maximum Gasteiger partial charge on any atom is 0.298 e. The van der Waals surface area contributed by atoms with Crippen LogP contribution in [0.25, 0.3) is 10.2 Å². The Morgan fingerprint density at radius 3 is 2.90 bits per heavy atom. The van der Waals surface area contributed by atoms with Gasteiger partial charge in [0.25, 0.3) is 5.91 Å². The highest BCUT2D eigenvalue weighted by Crippen LogP contribution is 2.34. The number of aryl methyl sites for hydroxylation is 2. The maximum absolute atomic E-state index is 13.5. The average molecular weight is 424 g/mol. The molecule has 1 aliphatic heterocycles. The molecule has 0 fully saturated rings. The molecule has 146 valence electrons. The molecule has 1 amide bonds. The number of aromatic nitrogens is 4. The van der Waals surface area contributed by atoms with Gasteiger partial charge in [-0.15, -0.1) is 10.2 Å². The number of benzene rings is 2. The number of anilines is 1. The van der Waals surface area contributed by atoms with Crippen molar-refractivity contribution in [1.82, 2.24) is 19.7 Å². The zero-order valence-corrected chi connectivity index (χ0v) is 17.4. The lowest BCUT2D eigenvalue weighted by atomic mass is 10.2. The number of halogens is 1. The van der Waals surface area contributed by atoms with E-state index in [1.165, 1.54) is 11.3 Å². The van der Waals surface area contributed by atoms with Gasteiger partial charge in [0.1, 0.15) is 5.82 Å². The van der Waals surface area contributed by atoms with E-state index >= 15 is 0 Å². The third-order valence-corrected chi connectivity index (χ3v) is 6.34. The molecule has 0 saturated heterocycles. The number of nitrogens with zero attached hydrogens (tertiary/aromatic N) is 5. The molecule has 0 N–H and O–H groups in total. The summed E-state index contributed by atoms with van der Waals surface area (Å²) in [6.07, 6.45) is 1.85. The molecule has 0 spiro atoms. The summed E-state index contributed by atoms with van der Waals surface area (Å²) in [5.74, 6) is 1.07. The summed E-state index contributed by atoms with van der Waals surface area (Å²) >= 11 is 7.69. The summed E-state index contributed by atoms with van der Waals surface area (Å²) in [5, 5.41) is 9.69. The Hall–Kier alpha value is -2.77. The molecule has 2 aromatic heterocycles. The molecule has 6 nitrogen and oxygen atoms in total. The monoisotopic (exact) mass is 423 g/mol. The van der Waals surface area contributed by atoms with Crippen LogP contribution < -0.4 is 4.90 Å². The lowest BCUT2D eigenvalue weighted by Crippen LogP contribution is -2.32. The highest BCUT2D eigenvalue weighted by molar-refractivity contribution is 7.22. The minimum absolute atomic E-state index is 0.183. The highest BCUT2D eigenvalue weighted by Gasteiger charge is 2.29. The molecule has 0 bridgehead atoms. The van der Waals surface area contributed by atoms with E-state index in [-0.39, 0.29) is 5.91 Å². The second-order valence-corrected chi connectivity index (χ2v) is 8.58. The van der Waals surface area contributed by atoms with Crippen LogP contribution in [-0.4, -0.2) is 25.7 Å². The molecule has 0 atom stereocenters. The first kappa shape index (κ1) is 18.3. The summed E-state index contributed by atoms with van der Waals surface area (Å²) in [6, 6.07) is 13.7. The molecular weight excluding hydrogens is 406 g/mol. The normalized spacial score (nSPS) is 13.0. The highest BCUT2D eigenvalue weighted by atomic mass is 35.5. The minimum atomic E-state index is -0.183. The fourth-order valence-corrected chi connectivity index (χ4v) is 5.10. The standard InChI is InChI=1S/C21H18ClN5OS/c1-13-10-15(22)11-16-18(13)23-21(29-16)27(12-14-6-3-2-4-7-14)20(28)19-25-24-17-8-5-9-26(17)19/h2-4,6-7,10-11H,5,8-9,12H2,1H3. The summed E-state index contributed by atoms with van der Waals surface area (Å²) < 4.78 is 2.89. The van der Waals surface area contributed by atoms with E-state index < -0.39 is 0 Å². The van der Waals surface area contributed by atoms with Gasteiger partial charge in [-0.2, -0.15) is 0 Å². The van der Waals surface area contributed by atoms with Gasteiger partial charge < -0.3 is 4.57 Å². The predicted molar refractivity (Wildman–Crippen MR) is 115 cm³/mol. The Kier molecular flexibility index (Phi) is 4.56. The Balaban J connectivity index is 1.60. The van der Waals surface area contributed by atoms with Crippen LogP contribution >= 0.6 is 22.9 Å². The van der Waals surface area contributed by atoms with E-state index in [1.54, 1.807) is 4.90 Å². The number of carbonyl (C=O) groups is 1. The van der Waals surface area contributed by atoms with Gasteiger partial charge in [0.15, 0.2) is 5.13 Å². The molecular formula is C21H18ClN5OS. The summed E-state index contributed by atoms with van der Waals surface area (Å²) in [5.41, 5.74) is 2.88. The van der Waals surface area contributed by atoms with Crippen LogP contribution in [-0.2, 0) is 19.5 Å². The summed E-state index contributed by atoms with van der Waals surface area (Å²) in [4.78, 5) is 20.0. The largest absolute Gasteiger partial charge is 0.307 e. The van der Waals surface area contributed by atoms with Crippen molar-refractivity contribution in [3.05, 3.63) is 70.3 Å². The average Bonchev–Trinajstić information content (AvgIpc) is 3.41. The van der Waals surface area contributed by atoms with Crippen LogP contribution in [0.4, 0.5) is 5.13 Å². The van der Waals surface area contributed by atoms with Crippen molar-refractivity contribution in [2.45, 2.75) is 32.9 Å². The van der Waals surface area contributed by atoms with Gasteiger partial charge in [0.2, 0.25) is 5.82 Å². The Morgan fingerprint density at radius 2 is 2.07 bits per heavy atom. The first-order valence-electron chi connectivity index (χ1n) is 9.45. The molecule has 5 rings (SSSR count). The van der Waals surface area contributed by atoms with Crippen LogP contribution in [0.1, 0.15) is 34.0 Å². The van der Waals surface area contributed by atoms with E-state index in [4.69, 9.17) is 16.6 Å². The van der Waals surface area contributed by atoms with Crippen molar-refractivity contribution in [2.24, 2.45) is 0 Å². The van der Waals surface area contributed by atoms with Gasteiger partial charge in [-0.05, 0) is 36.6 Å². The number of thiazole rings is 1. The SMILES string of the molecule is Cc1cc(Cl)cc2sc(N(Cc3ccccc3)C(=O)c3nnc4n3CCC4)nc12. The van der Waals surface area contributed by atoms with Gasteiger partial charge in [-0.1, -0.05) is 53.3 Å². The summed E-state index contributed by atoms with van der Waals surface area (Å²) in [7, 11) is 0. The van der Waals surface area contributed by atoms with Crippen LogP contribution in [0.2, 0.25) is 5.02 Å². The number of fused-ring (bicyclic) bond motifs is 2. The molecule has 0 saturated carbocycles. The lowest BCUT2D eigenvalue weighted by Gasteiger charge is -2.19. The molecule has 1 aliphatic rings. The molecule has 2 aromatic carbocycles. The van der Waals surface area contributed by atoms with Crippen LogP contribution in [0.15, 0.2) is 42.5 Å². The Morgan fingerprint density at radius 1 is 1.24 bits per heavy atom. The van der Waals surface area contributed by atoms with Crippen molar-refractivity contribution in [1.29, 1.82) is 0 Å². The van der Waals surface area contributed by atoms with E-state index in [1.807, 2.05) is 54.0 Å². The fourth-order valence-electron chi connectivity index (χ4n) is 3.68. The predicted octanol–water partition coefficient (Wildman–Crippen LogP) is 4.64. The number of hydrogen-bond donors (Lipinski definition) is 0. The third-order valence-electron chi connectivity index (χ3n) is 5.10. The second-order valence-electron chi connectivity index (χ2n) is 7.14. The van der Waals surface area contributed by atoms with Gasteiger partial charge in [-0.3, -0.25) is 9.69 Å². The van der Waals surface area contributed by atoms with E-state index in [9.17, 15) is 4.79 Å². The van der Waals surface area contributed by atoms with E-state index in [2.05, 4.69) is 10.2 Å². The lowest BCUT2D eigenvalue weighted by molar-refractivity contribution is 0.0970. The van der Waals surface area contributed by atoms with Gasteiger partial charge in [-0.25, -0.2) is 4.98 Å². The zero-order chi connectivity index (χ0) is 20.0. The van der Waals surface area contributed by atoms with E-state index in [0.717, 1.165) is 46.6 Å². The first-order valence-corrected chi connectivity index (χ1v) is 10.6. The van der Waals surface area contributed by atoms with Crippen molar-refractivity contribution >= 4 is 44.2 Å². The molecule has 0 unspecified atom stereocenters. The zero-order valence-electron chi connectivity index (χ0n) is 15.8. The van der Waals surface area contributed by atoms with Crippen LogP contribution in [0, 0.1) is 6.92 Å². The number of carbonyl (C=O) groups excluding carboxylic acids is 1. The van der Waals surface area contributed by atoms with Crippen LogP contribution in [0.5, 0.6) is 0 Å². The fraction of sp³-hybridized carbons (Fsp3) is 0.238. The topological polar surface area (TPSA) is 63.9 Å². The number of amides is 1. The smallest absolute Gasteiger partial charge is 0.298 e. The minimum Gasteiger partial charge on any atom is -0.307 e. The Bertz CT molecular complexity index is 1220. The van der Waals surface area contributed by atoms with Gasteiger partial charge >= 0.3 is 0 Å². The van der Waals surface area contributed by atoms with Crippen molar-refractivity contribution in [3.63, 3.8) is 0 Å². The molecule has 8 heteroatoms. The van der Waals surface area contributed by atoms with Crippen LogP contribution in [0.3, 0.4) is 0 Å². The Labute approximate surface area is 176 Å². The second kappa shape index (κ2) is 7.24. The summed E-state index contributed by atoms with van der Waals surface area (Å²) in [6.45, 7) is 3.16. The molecule has 4 aromatic rings. The van der Waals surface area contributed by atoms with Gasteiger partial charge in [0.05, 0.1) is 16.8 Å².